The summed E-state index contributed by atoms with van der Waals surface area (Å²) in [5, 5.41) is 21.8. The lowest BCUT2D eigenvalue weighted by Crippen LogP contribution is -2.24. The summed E-state index contributed by atoms with van der Waals surface area (Å²) in [6, 6.07) is 36.7. The third kappa shape index (κ3) is 3.35. The second-order valence-electron chi connectivity index (χ2n) is 9.92. The molecule has 6 heteroatoms. The van der Waals surface area contributed by atoms with E-state index in [1.165, 1.54) is 7.05 Å². The van der Waals surface area contributed by atoms with Crippen molar-refractivity contribution in [3.63, 3.8) is 0 Å². The first-order valence-corrected chi connectivity index (χ1v) is 13.1. The first-order chi connectivity index (χ1) is 20.0. The van der Waals surface area contributed by atoms with Crippen LogP contribution in [0.4, 0.5) is 0 Å². The number of para-hydroxylation sites is 2. The summed E-state index contributed by atoms with van der Waals surface area (Å²) in [5.41, 5.74) is 7.04. The molecule has 192 valence electrons. The van der Waals surface area contributed by atoms with Gasteiger partial charge in [0.15, 0.2) is 0 Å². The second-order valence-corrected chi connectivity index (χ2v) is 9.92. The zero-order valence-corrected chi connectivity index (χ0v) is 21.9. The van der Waals surface area contributed by atoms with Gasteiger partial charge in [-0.2, -0.15) is 10.5 Å². The number of fused-ring (bicyclic) bond motifs is 4. The van der Waals surface area contributed by atoms with E-state index in [1.54, 1.807) is 24.3 Å². The molecule has 0 unspecified atom stereocenters. The first kappa shape index (κ1) is 24.1. The van der Waals surface area contributed by atoms with Gasteiger partial charge in [0.2, 0.25) is 0 Å². The number of benzene rings is 5. The van der Waals surface area contributed by atoms with E-state index >= 15 is 0 Å². The van der Waals surface area contributed by atoms with Gasteiger partial charge in [-0.05, 0) is 24.3 Å². The van der Waals surface area contributed by atoms with Gasteiger partial charge >= 0.3 is 0 Å². The summed E-state index contributed by atoms with van der Waals surface area (Å²) in [6.07, 6.45) is 0. The summed E-state index contributed by atoms with van der Waals surface area (Å²) in [5.74, 6) is -0.724. The number of carbonyl (C=O) groups excluding carboxylic acids is 2. The van der Waals surface area contributed by atoms with Crippen LogP contribution in [0.3, 0.4) is 0 Å². The number of amides is 2. The Hall–Kier alpha value is -5.98. The van der Waals surface area contributed by atoms with Crippen LogP contribution in [0.25, 0.3) is 49.7 Å². The van der Waals surface area contributed by atoms with Gasteiger partial charge in [0, 0.05) is 40.1 Å². The molecule has 0 bridgehead atoms. The highest BCUT2D eigenvalue weighted by atomic mass is 16.2. The third-order valence-corrected chi connectivity index (χ3v) is 7.82. The zero-order chi connectivity index (χ0) is 28.2. The number of rotatable bonds is 3. The van der Waals surface area contributed by atoms with Crippen molar-refractivity contribution in [2.45, 2.75) is 0 Å². The van der Waals surface area contributed by atoms with Gasteiger partial charge in [-0.25, -0.2) is 0 Å². The summed E-state index contributed by atoms with van der Waals surface area (Å²) in [7, 11) is 1.49. The van der Waals surface area contributed by atoms with Crippen molar-refractivity contribution in [1.29, 1.82) is 10.5 Å². The van der Waals surface area contributed by atoms with Crippen LogP contribution in [0.2, 0.25) is 0 Å². The molecule has 1 aliphatic heterocycles. The van der Waals surface area contributed by atoms with Gasteiger partial charge in [0.05, 0.1) is 51.1 Å². The number of nitriles is 2. The quantitative estimate of drug-likeness (QED) is 0.229. The molecule has 0 aliphatic carbocycles. The molecule has 0 atom stereocenters. The van der Waals surface area contributed by atoms with E-state index in [1.807, 2.05) is 83.4 Å². The van der Waals surface area contributed by atoms with Crippen molar-refractivity contribution in [3.05, 3.63) is 125 Å². The fraction of sp³-hybridized carbons (Fsp3) is 0.0286. The molecular formula is C35H20N4O2. The Morgan fingerprint density at radius 1 is 0.537 bits per heavy atom. The SMILES string of the molecule is CN1C(=O)c2cccc(-n3c4c(-c5ccccc5C#N)cccc4c4cccc(-c5ccccc5C#N)c43)c2C1=O. The van der Waals surface area contributed by atoms with Crippen molar-refractivity contribution >= 4 is 33.6 Å². The molecule has 5 aromatic carbocycles. The molecule has 2 heterocycles. The van der Waals surface area contributed by atoms with Crippen LogP contribution >= 0.6 is 0 Å². The molecule has 41 heavy (non-hydrogen) atoms. The Morgan fingerprint density at radius 3 is 1.54 bits per heavy atom. The fourth-order valence-corrected chi connectivity index (χ4v) is 5.99. The van der Waals surface area contributed by atoms with Crippen molar-refractivity contribution < 1.29 is 9.59 Å². The maximum absolute atomic E-state index is 13.5. The van der Waals surface area contributed by atoms with Gasteiger partial charge in [0.25, 0.3) is 11.8 Å². The van der Waals surface area contributed by atoms with Crippen molar-refractivity contribution in [2.75, 3.05) is 7.05 Å². The molecule has 1 aromatic heterocycles. The minimum Gasteiger partial charge on any atom is -0.307 e. The Morgan fingerprint density at radius 2 is 1.00 bits per heavy atom. The molecule has 6 aromatic rings. The first-order valence-electron chi connectivity index (χ1n) is 13.1. The predicted molar refractivity (Wildman–Crippen MR) is 158 cm³/mol. The summed E-state index contributed by atoms with van der Waals surface area (Å²) in [6.45, 7) is 0. The summed E-state index contributed by atoms with van der Waals surface area (Å²) < 4.78 is 2.03. The summed E-state index contributed by atoms with van der Waals surface area (Å²) >= 11 is 0. The standard InChI is InChI=1S/C35H20N4O2/c1-38-34(40)29-17-8-18-30(31(29)35(38)41)39-32-25(23-11-4-2-9-21(23)19-36)13-6-15-27(32)28-16-7-14-26(33(28)39)24-12-5-3-10-22(24)20-37/h2-18H,1H3. The Labute approximate surface area is 235 Å². The van der Waals surface area contributed by atoms with E-state index < -0.39 is 0 Å². The van der Waals surface area contributed by atoms with Gasteiger partial charge in [-0.3, -0.25) is 14.5 Å². The van der Waals surface area contributed by atoms with Gasteiger partial charge in [0.1, 0.15) is 0 Å². The summed E-state index contributed by atoms with van der Waals surface area (Å²) in [4.78, 5) is 27.7. The Balaban J connectivity index is 1.73. The van der Waals surface area contributed by atoms with Crippen molar-refractivity contribution in [1.82, 2.24) is 9.47 Å². The maximum atomic E-state index is 13.5. The van der Waals surface area contributed by atoms with E-state index in [-0.39, 0.29) is 11.8 Å². The normalized spacial score (nSPS) is 12.5. The monoisotopic (exact) mass is 528 g/mol. The molecule has 0 N–H and O–H groups in total. The van der Waals surface area contributed by atoms with E-state index in [0.29, 0.717) is 27.9 Å². The average molecular weight is 529 g/mol. The fourth-order valence-electron chi connectivity index (χ4n) is 5.99. The topological polar surface area (TPSA) is 89.9 Å². The van der Waals surface area contributed by atoms with Crippen LogP contribution in [0.15, 0.2) is 103 Å². The van der Waals surface area contributed by atoms with E-state index in [0.717, 1.165) is 49.0 Å². The lowest BCUT2D eigenvalue weighted by molar-refractivity contribution is 0.0693. The van der Waals surface area contributed by atoms with E-state index in [4.69, 9.17) is 0 Å². The highest BCUT2D eigenvalue weighted by Crippen LogP contribution is 2.44. The lowest BCUT2D eigenvalue weighted by Gasteiger charge is -2.16. The van der Waals surface area contributed by atoms with Gasteiger partial charge in [-0.15, -0.1) is 0 Å². The number of carbonyl (C=O) groups is 2. The highest BCUT2D eigenvalue weighted by Gasteiger charge is 2.36. The van der Waals surface area contributed by atoms with E-state index in [2.05, 4.69) is 12.1 Å². The van der Waals surface area contributed by atoms with Crippen molar-refractivity contribution in [3.8, 4) is 40.1 Å². The Kier molecular flexibility index (Phi) is 5.32. The second kappa shape index (κ2) is 9.05. The van der Waals surface area contributed by atoms with Crippen LogP contribution < -0.4 is 0 Å². The Bertz CT molecular complexity index is 2080. The van der Waals surface area contributed by atoms with Crippen LogP contribution in [-0.4, -0.2) is 28.3 Å². The smallest absolute Gasteiger partial charge is 0.263 e. The molecule has 0 fully saturated rings. The number of nitrogens with zero attached hydrogens (tertiary/aromatic N) is 4. The maximum Gasteiger partial charge on any atom is 0.263 e. The van der Waals surface area contributed by atoms with Crippen LogP contribution in [0.1, 0.15) is 31.8 Å². The molecule has 0 spiro atoms. The number of hydrogen-bond donors (Lipinski definition) is 0. The van der Waals surface area contributed by atoms with Crippen LogP contribution in [-0.2, 0) is 0 Å². The zero-order valence-electron chi connectivity index (χ0n) is 21.9. The lowest BCUT2D eigenvalue weighted by atomic mass is 9.96. The number of hydrogen-bond acceptors (Lipinski definition) is 4. The largest absolute Gasteiger partial charge is 0.307 e. The molecule has 0 saturated carbocycles. The van der Waals surface area contributed by atoms with Crippen LogP contribution in [0.5, 0.6) is 0 Å². The number of aromatic nitrogens is 1. The average Bonchev–Trinajstić information content (AvgIpc) is 3.48. The minimum atomic E-state index is -0.375. The third-order valence-electron chi connectivity index (χ3n) is 7.82. The molecular weight excluding hydrogens is 508 g/mol. The van der Waals surface area contributed by atoms with E-state index in [9.17, 15) is 20.1 Å². The van der Waals surface area contributed by atoms with Crippen molar-refractivity contribution in [2.24, 2.45) is 0 Å². The van der Waals surface area contributed by atoms with Crippen LogP contribution in [0, 0.1) is 22.7 Å². The molecule has 6 nitrogen and oxygen atoms in total. The minimum absolute atomic E-state index is 0.325. The van der Waals surface area contributed by atoms with Gasteiger partial charge in [-0.1, -0.05) is 78.9 Å². The highest BCUT2D eigenvalue weighted by molar-refractivity contribution is 6.24. The molecule has 0 saturated heterocycles. The molecule has 2 amide bonds. The molecule has 1 aliphatic rings. The predicted octanol–water partition coefficient (Wildman–Crippen LogP) is 7.09. The molecule has 0 radical (unpaired) electrons. The van der Waals surface area contributed by atoms with Gasteiger partial charge < -0.3 is 4.57 Å². The number of imide groups is 1. The molecule has 7 rings (SSSR count).